The van der Waals surface area contributed by atoms with Crippen molar-refractivity contribution in [3.05, 3.63) is 29.6 Å². The first-order valence-corrected chi connectivity index (χ1v) is 5.40. The molecule has 0 aliphatic rings. The number of aromatic nitrogens is 2. The van der Waals surface area contributed by atoms with Gasteiger partial charge in [-0.3, -0.25) is 4.79 Å². The van der Waals surface area contributed by atoms with Crippen molar-refractivity contribution in [1.82, 2.24) is 9.97 Å². The van der Waals surface area contributed by atoms with Crippen LogP contribution in [-0.2, 0) is 0 Å². The van der Waals surface area contributed by atoms with Gasteiger partial charge in [0.15, 0.2) is 0 Å². The van der Waals surface area contributed by atoms with Crippen molar-refractivity contribution >= 4 is 16.8 Å². The van der Waals surface area contributed by atoms with Gasteiger partial charge in [-0.25, -0.2) is 4.98 Å². The largest absolute Gasteiger partial charge is 0.454 e. The van der Waals surface area contributed by atoms with E-state index >= 15 is 0 Å². The van der Waals surface area contributed by atoms with Crippen LogP contribution in [0.15, 0.2) is 18.2 Å². The van der Waals surface area contributed by atoms with Gasteiger partial charge in [-0.05, 0) is 18.2 Å². The van der Waals surface area contributed by atoms with Crippen LogP contribution >= 0.6 is 0 Å². The number of alkyl halides is 3. The summed E-state index contributed by atoms with van der Waals surface area (Å²) in [6.45, 7) is 3.83. The number of hydrogen-bond donors (Lipinski definition) is 1. The third-order valence-electron chi connectivity index (χ3n) is 2.57. The molecule has 0 fully saturated rings. The zero-order valence-electron chi connectivity index (χ0n) is 9.80. The van der Waals surface area contributed by atoms with Crippen LogP contribution in [0.5, 0.6) is 0 Å². The second kappa shape index (κ2) is 4.12. The summed E-state index contributed by atoms with van der Waals surface area (Å²) in [5, 5.41) is 0. The van der Waals surface area contributed by atoms with Gasteiger partial charge in [0.25, 0.3) is 5.78 Å². The van der Waals surface area contributed by atoms with Crippen molar-refractivity contribution in [2.24, 2.45) is 0 Å². The molecule has 0 saturated heterocycles. The predicted octanol–water partition coefficient (Wildman–Crippen LogP) is 3.43. The Bertz CT molecular complexity index is 599. The number of aromatic amines is 1. The first-order chi connectivity index (χ1) is 8.29. The Kier molecular flexibility index (Phi) is 2.88. The highest BCUT2D eigenvalue weighted by atomic mass is 19.4. The summed E-state index contributed by atoms with van der Waals surface area (Å²) in [6, 6.07) is 3.74. The number of carbonyl (C=O) groups is 1. The van der Waals surface area contributed by atoms with Crippen LogP contribution in [0.4, 0.5) is 13.2 Å². The number of fused-ring (bicyclic) bond motifs is 1. The molecule has 1 N–H and O–H groups in total. The van der Waals surface area contributed by atoms with Gasteiger partial charge in [0, 0.05) is 11.5 Å². The number of ketones is 1. The van der Waals surface area contributed by atoms with Crippen LogP contribution in [0, 0.1) is 0 Å². The maximum atomic E-state index is 12.3. The van der Waals surface area contributed by atoms with Crippen molar-refractivity contribution in [3.63, 3.8) is 0 Å². The van der Waals surface area contributed by atoms with Gasteiger partial charge >= 0.3 is 6.18 Å². The first-order valence-electron chi connectivity index (χ1n) is 5.40. The predicted molar refractivity (Wildman–Crippen MR) is 60.6 cm³/mol. The van der Waals surface area contributed by atoms with Crippen molar-refractivity contribution in [2.75, 3.05) is 0 Å². The van der Waals surface area contributed by atoms with Crippen LogP contribution < -0.4 is 0 Å². The fourth-order valence-electron chi connectivity index (χ4n) is 1.61. The number of carbonyl (C=O) groups excluding carboxylic acids is 1. The first kappa shape index (κ1) is 12.6. The number of nitrogens with one attached hydrogen (secondary N) is 1. The van der Waals surface area contributed by atoms with Gasteiger partial charge in [0.1, 0.15) is 5.82 Å². The Labute approximate surface area is 101 Å². The van der Waals surface area contributed by atoms with E-state index in [0.717, 1.165) is 6.07 Å². The van der Waals surface area contributed by atoms with Crippen LogP contribution in [-0.4, -0.2) is 21.9 Å². The average Bonchev–Trinajstić information content (AvgIpc) is 2.69. The SMILES string of the molecule is CC(C)c1nc2ccc(C(=O)C(F)(F)F)cc2[nH]1. The van der Waals surface area contributed by atoms with Crippen molar-refractivity contribution in [1.29, 1.82) is 0 Å². The van der Waals surface area contributed by atoms with Crippen molar-refractivity contribution in [2.45, 2.75) is 25.9 Å². The minimum Gasteiger partial charge on any atom is -0.342 e. The molecule has 0 atom stereocenters. The van der Waals surface area contributed by atoms with E-state index in [1.165, 1.54) is 12.1 Å². The lowest BCUT2D eigenvalue weighted by Gasteiger charge is -2.04. The van der Waals surface area contributed by atoms with Crippen molar-refractivity contribution in [3.8, 4) is 0 Å². The van der Waals surface area contributed by atoms with Crippen LogP contribution in [0.1, 0.15) is 35.9 Å². The fourth-order valence-corrected chi connectivity index (χ4v) is 1.61. The van der Waals surface area contributed by atoms with Gasteiger partial charge in [-0.15, -0.1) is 0 Å². The molecule has 0 amide bonds. The molecule has 1 aromatic heterocycles. The number of Topliss-reactive ketones (excluding diaryl/α,β-unsaturated/α-hetero) is 1. The molecule has 18 heavy (non-hydrogen) atoms. The lowest BCUT2D eigenvalue weighted by atomic mass is 10.1. The third kappa shape index (κ3) is 2.23. The van der Waals surface area contributed by atoms with Crippen LogP contribution in [0.3, 0.4) is 0 Å². The molecule has 0 bridgehead atoms. The lowest BCUT2D eigenvalue weighted by Crippen LogP contribution is -2.22. The monoisotopic (exact) mass is 256 g/mol. The van der Waals surface area contributed by atoms with Crippen molar-refractivity contribution < 1.29 is 18.0 Å². The molecule has 0 spiro atoms. The standard InChI is InChI=1S/C12H11F3N2O/c1-6(2)11-16-8-4-3-7(5-9(8)17-11)10(18)12(13,14)15/h3-6H,1-2H3,(H,16,17). The van der Waals surface area contributed by atoms with E-state index in [1.54, 1.807) is 0 Å². The molecular formula is C12H11F3N2O. The summed E-state index contributed by atoms with van der Waals surface area (Å²) in [6.07, 6.45) is -4.85. The lowest BCUT2D eigenvalue weighted by molar-refractivity contribution is -0.0885. The normalized spacial score (nSPS) is 12.3. The number of nitrogens with zero attached hydrogens (tertiary/aromatic N) is 1. The minimum atomic E-state index is -4.85. The van der Waals surface area contributed by atoms with E-state index in [0.29, 0.717) is 16.9 Å². The smallest absolute Gasteiger partial charge is 0.342 e. The Morgan fingerprint density at radius 2 is 2.00 bits per heavy atom. The van der Waals surface area contributed by atoms with Crippen LogP contribution in [0.2, 0.25) is 0 Å². The van der Waals surface area contributed by atoms with Gasteiger partial charge < -0.3 is 4.98 Å². The molecule has 0 unspecified atom stereocenters. The summed E-state index contributed by atoms with van der Waals surface area (Å²) < 4.78 is 36.9. The molecule has 0 aliphatic heterocycles. The Morgan fingerprint density at radius 3 is 2.56 bits per heavy atom. The number of halogens is 3. The number of hydrogen-bond acceptors (Lipinski definition) is 2. The molecular weight excluding hydrogens is 245 g/mol. The number of imidazole rings is 1. The highest BCUT2D eigenvalue weighted by Gasteiger charge is 2.39. The number of benzene rings is 1. The highest BCUT2D eigenvalue weighted by Crippen LogP contribution is 2.24. The minimum absolute atomic E-state index is 0.138. The second-order valence-corrected chi connectivity index (χ2v) is 4.34. The zero-order chi connectivity index (χ0) is 13.5. The summed E-state index contributed by atoms with van der Waals surface area (Å²) in [5.74, 6) is -1.02. The topological polar surface area (TPSA) is 45.8 Å². The molecule has 96 valence electrons. The second-order valence-electron chi connectivity index (χ2n) is 4.34. The molecule has 1 heterocycles. The van der Waals surface area contributed by atoms with E-state index in [2.05, 4.69) is 9.97 Å². The van der Waals surface area contributed by atoms with E-state index < -0.39 is 12.0 Å². The maximum absolute atomic E-state index is 12.3. The summed E-state index contributed by atoms with van der Waals surface area (Å²) >= 11 is 0. The molecule has 2 rings (SSSR count). The Balaban J connectivity index is 2.47. The Morgan fingerprint density at radius 1 is 1.33 bits per heavy atom. The van der Waals surface area contributed by atoms with Gasteiger partial charge in [-0.1, -0.05) is 13.8 Å². The molecule has 2 aromatic rings. The molecule has 6 heteroatoms. The molecule has 0 aliphatic carbocycles. The van der Waals surface area contributed by atoms with E-state index in [-0.39, 0.29) is 11.5 Å². The number of H-pyrrole nitrogens is 1. The summed E-state index contributed by atoms with van der Waals surface area (Å²) in [4.78, 5) is 18.2. The number of rotatable bonds is 2. The van der Waals surface area contributed by atoms with E-state index in [9.17, 15) is 18.0 Å². The third-order valence-corrected chi connectivity index (χ3v) is 2.57. The quantitative estimate of drug-likeness (QED) is 0.836. The van der Waals surface area contributed by atoms with E-state index in [1.807, 2.05) is 13.8 Å². The van der Waals surface area contributed by atoms with Gasteiger partial charge in [0.2, 0.25) is 0 Å². The molecule has 3 nitrogen and oxygen atoms in total. The summed E-state index contributed by atoms with van der Waals surface area (Å²) in [5.41, 5.74) is 0.611. The maximum Gasteiger partial charge on any atom is 0.454 e. The van der Waals surface area contributed by atoms with Crippen LogP contribution in [0.25, 0.3) is 11.0 Å². The summed E-state index contributed by atoms with van der Waals surface area (Å²) in [7, 11) is 0. The molecule has 1 aromatic carbocycles. The highest BCUT2D eigenvalue weighted by molar-refractivity contribution is 6.02. The molecule has 0 saturated carbocycles. The zero-order valence-corrected chi connectivity index (χ0v) is 9.80. The molecule has 0 radical (unpaired) electrons. The fraction of sp³-hybridized carbons (Fsp3) is 0.333. The Hall–Kier alpha value is -1.85. The van der Waals surface area contributed by atoms with E-state index in [4.69, 9.17) is 0 Å². The van der Waals surface area contributed by atoms with Gasteiger partial charge in [-0.2, -0.15) is 13.2 Å². The average molecular weight is 256 g/mol. The van der Waals surface area contributed by atoms with Gasteiger partial charge in [0.05, 0.1) is 11.0 Å².